The SMILES string of the molecule is C#CCN(CCC)C(=O)C(C)C(=O)O. The van der Waals surface area contributed by atoms with Crippen molar-refractivity contribution in [2.24, 2.45) is 5.92 Å². The molecule has 0 radical (unpaired) electrons. The van der Waals surface area contributed by atoms with Crippen molar-refractivity contribution in [1.82, 2.24) is 4.90 Å². The van der Waals surface area contributed by atoms with Crippen LogP contribution in [-0.2, 0) is 9.59 Å². The Kier molecular flexibility index (Phi) is 5.38. The molecule has 0 aromatic rings. The van der Waals surface area contributed by atoms with Crippen LogP contribution in [0.3, 0.4) is 0 Å². The van der Waals surface area contributed by atoms with Crippen molar-refractivity contribution in [1.29, 1.82) is 0 Å². The summed E-state index contributed by atoms with van der Waals surface area (Å²) in [6, 6.07) is 0. The highest BCUT2D eigenvalue weighted by molar-refractivity contribution is 5.96. The quantitative estimate of drug-likeness (QED) is 0.518. The van der Waals surface area contributed by atoms with Crippen LogP contribution in [0, 0.1) is 18.3 Å². The maximum Gasteiger partial charge on any atom is 0.315 e. The second-order valence-corrected chi connectivity index (χ2v) is 3.02. The van der Waals surface area contributed by atoms with E-state index in [-0.39, 0.29) is 6.54 Å². The first-order valence-corrected chi connectivity index (χ1v) is 4.49. The lowest BCUT2D eigenvalue weighted by molar-refractivity contribution is -0.150. The van der Waals surface area contributed by atoms with Crippen molar-refractivity contribution in [2.75, 3.05) is 13.1 Å². The van der Waals surface area contributed by atoms with Gasteiger partial charge in [0.25, 0.3) is 0 Å². The van der Waals surface area contributed by atoms with E-state index in [1.807, 2.05) is 6.92 Å². The summed E-state index contributed by atoms with van der Waals surface area (Å²) in [6.45, 7) is 3.94. The van der Waals surface area contributed by atoms with Gasteiger partial charge < -0.3 is 10.0 Å². The maximum absolute atomic E-state index is 11.5. The van der Waals surface area contributed by atoms with E-state index in [4.69, 9.17) is 11.5 Å². The summed E-state index contributed by atoms with van der Waals surface area (Å²) in [5, 5.41) is 8.64. The summed E-state index contributed by atoms with van der Waals surface area (Å²) in [5.74, 6) is -0.216. The van der Waals surface area contributed by atoms with Crippen LogP contribution in [0.5, 0.6) is 0 Å². The van der Waals surface area contributed by atoms with E-state index in [2.05, 4.69) is 5.92 Å². The van der Waals surface area contributed by atoms with Gasteiger partial charge in [0.1, 0.15) is 5.92 Å². The van der Waals surface area contributed by atoms with Gasteiger partial charge in [-0.2, -0.15) is 0 Å². The van der Waals surface area contributed by atoms with Crippen LogP contribution in [0.2, 0.25) is 0 Å². The zero-order chi connectivity index (χ0) is 11.1. The number of rotatable bonds is 5. The fourth-order valence-corrected chi connectivity index (χ4v) is 1.03. The monoisotopic (exact) mass is 197 g/mol. The van der Waals surface area contributed by atoms with Gasteiger partial charge in [-0.05, 0) is 13.3 Å². The lowest BCUT2D eigenvalue weighted by Gasteiger charge is -2.21. The number of amides is 1. The number of hydrogen-bond acceptors (Lipinski definition) is 2. The summed E-state index contributed by atoms with van der Waals surface area (Å²) in [4.78, 5) is 23.5. The van der Waals surface area contributed by atoms with Gasteiger partial charge in [0.2, 0.25) is 5.91 Å². The molecule has 0 aliphatic rings. The lowest BCUT2D eigenvalue weighted by atomic mass is 10.1. The van der Waals surface area contributed by atoms with Crippen LogP contribution in [-0.4, -0.2) is 35.0 Å². The van der Waals surface area contributed by atoms with Gasteiger partial charge in [-0.1, -0.05) is 12.8 Å². The van der Waals surface area contributed by atoms with E-state index in [1.165, 1.54) is 11.8 Å². The molecule has 4 nitrogen and oxygen atoms in total. The van der Waals surface area contributed by atoms with Crippen molar-refractivity contribution in [3.63, 3.8) is 0 Å². The third-order valence-corrected chi connectivity index (χ3v) is 1.83. The molecule has 14 heavy (non-hydrogen) atoms. The third-order valence-electron chi connectivity index (χ3n) is 1.83. The maximum atomic E-state index is 11.5. The van der Waals surface area contributed by atoms with Gasteiger partial charge in [-0.3, -0.25) is 9.59 Å². The molecule has 1 amide bonds. The van der Waals surface area contributed by atoms with Crippen LogP contribution in [0.4, 0.5) is 0 Å². The van der Waals surface area contributed by atoms with E-state index in [0.29, 0.717) is 6.54 Å². The van der Waals surface area contributed by atoms with Gasteiger partial charge in [-0.15, -0.1) is 6.42 Å². The van der Waals surface area contributed by atoms with Crippen LogP contribution >= 0.6 is 0 Å². The average Bonchev–Trinajstić information content (AvgIpc) is 2.15. The normalized spacial score (nSPS) is 11.5. The molecule has 0 saturated heterocycles. The Bertz CT molecular complexity index is 255. The van der Waals surface area contributed by atoms with Crippen LogP contribution in [0.25, 0.3) is 0 Å². The summed E-state index contributed by atoms with van der Waals surface area (Å²) in [5.41, 5.74) is 0. The molecule has 0 bridgehead atoms. The number of hydrogen-bond donors (Lipinski definition) is 1. The molecule has 4 heteroatoms. The highest BCUT2D eigenvalue weighted by atomic mass is 16.4. The molecule has 0 fully saturated rings. The molecule has 1 unspecified atom stereocenters. The zero-order valence-electron chi connectivity index (χ0n) is 8.49. The predicted octanol–water partition coefficient (Wildman–Crippen LogP) is 0.579. The first kappa shape index (κ1) is 12.5. The topological polar surface area (TPSA) is 57.6 Å². The Morgan fingerprint density at radius 2 is 2.14 bits per heavy atom. The number of carbonyl (C=O) groups is 2. The highest BCUT2D eigenvalue weighted by Crippen LogP contribution is 2.03. The molecule has 0 aromatic heterocycles. The molecule has 0 spiro atoms. The summed E-state index contributed by atoms with van der Waals surface area (Å²) in [7, 11) is 0. The van der Waals surface area contributed by atoms with Gasteiger partial charge in [-0.25, -0.2) is 0 Å². The van der Waals surface area contributed by atoms with Crippen molar-refractivity contribution >= 4 is 11.9 Å². The number of carbonyl (C=O) groups excluding carboxylic acids is 1. The number of nitrogens with zero attached hydrogens (tertiary/aromatic N) is 1. The number of terminal acetylenes is 1. The lowest BCUT2D eigenvalue weighted by Crippen LogP contribution is -2.38. The Morgan fingerprint density at radius 1 is 1.57 bits per heavy atom. The fraction of sp³-hybridized carbons (Fsp3) is 0.600. The van der Waals surface area contributed by atoms with Crippen molar-refractivity contribution < 1.29 is 14.7 Å². The predicted molar refractivity (Wildman–Crippen MR) is 52.5 cm³/mol. The fourth-order valence-electron chi connectivity index (χ4n) is 1.03. The average molecular weight is 197 g/mol. The molecule has 78 valence electrons. The molecule has 1 N–H and O–H groups in total. The number of carboxylic acid groups (broad SMARTS) is 1. The first-order chi connectivity index (χ1) is 6.54. The molecule has 0 aliphatic carbocycles. The van der Waals surface area contributed by atoms with E-state index in [1.54, 1.807) is 0 Å². The minimum atomic E-state index is -1.12. The van der Waals surface area contributed by atoms with Crippen LogP contribution in [0.15, 0.2) is 0 Å². The molecule has 0 aromatic carbocycles. The van der Waals surface area contributed by atoms with Crippen LogP contribution in [0.1, 0.15) is 20.3 Å². The minimum absolute atomic E-state index is 0.171. The standard InChI is InChI=1S/C10H15NO3/c1-4-6-11(7-5-2)9(12)8(3)10(13)14/h1,8H,5-7H2,2-3H3,(H,13,14). The molecule has 0 heterocycles. The summed E-state index contributed by atoms with van der Waals surface area (Å²) < 4.78 is 0. The highest BCUT2D eigenvalue weighted by Gasteiger charge is 2.24. The Hall–Kier alpha value is -1.50. The van der Waals surface area contributed by atoms with Gasteiger partial charge in [0.15, 0.2) is 0 Å². The Balaban J connectivity index is 4.43. The van der Waals surface area contributed by atoms with E-state index < -0.39 is 17.8 Å². The van der Waals surface area contributed by atoms with E-state index in [9.17, 15) is 9.59 Å². The molecule has 0 rings (SSSR count). The Labute approximate surface area is 83.9 Å². The van der Waals surface area contributed by atoms with Gasteiger partial charge >= 0.3 is 5.97 Å². The largest absolute Gasteiger partial charge is 0.481 e. The molecular formula is C10H15NO3. The van der Waals surface area contributed by atoms with E-state index >= 15 is 0 Å². The van der Waals surface area contributed by atoms with Crippen molar-refractivity contribution in [3.05, 3.63) is 0 Å². The second kappa shape index (κ2) is 6.03. The minimum Gasteiger partial charge on any atom is -0.481 e. The van der Waals surface area contributed by atoms with Crippen LogP contribution < -0.4 is 0 Å². The Morgan fingerprint density at radius 3 is 2.50 bits per heavy atom. The number of aliphatic carboxylic acids is 1. The second-order valence-electron chi connectivity index (χ2n) is 3.02. The molecule has 0 saturated carbocycles. The van der Waals surface area contributed by atoms with Gasteiger partial charge in [0.05, 0.1) is 6.54 Å². The summed E-state index contributed by atoms with van der Waals surface area (Å²) >= 11 is 0. The molecule has 1 atom stereocenters. The zero-order valence-corrected chi connectivity index (χ0v) is 8.49. The molecule has 0 aliphatic heterocycles. The molecular weight excluding hydrogens is 182 g/mol. The third kappa shape index (κ3) is 3.48. The van der Waals surface area contributed by atoms with Gasteiger partial charge in [0, 0.05) is 6.54 Å². The van der Waals surface area contributed by atoms with E-state index in [0.717, 1.165) is 6.42 Å². The smallest absolute Gasteiger partial charge is 0.315 e. The van der Waals surface area contributed by atoms with Crippen molar-refractivity contribution in [3.8, 4) is 12.3 Å². The first-order valence-electron chi connectivity index (χ1n) is 4.49. The van der Waals surface area contributed by atoms with Crippen molar-refractivity contribution in [2.45, 2.75) is 20.3 Å². The number of carboxylic acids is 1. The summed E-state index contributed by atoms with van der Waals surface area (Å²) in [6.07, 6.45) is 5.85.